The molecule has 2 aromatic rings. The number of benzene rings is 2. The van der Waals surface area contributed by atoms with E-state index in [1.807, 2.05) is 6.92 Å². The number of anilines is 1. The average molecular weight is 448 g/mol. The van der Waals surface area contributed by atoms with E-state index in [2.05, 4.69) is 10.9 Å². The maximum atomic E-state index is 12.5. The van der Waals surface area contributed by atoms with Crippen molar-refractivity contribution in [2.24, 2.45) is 0 Å². The second kappa shape index (κ2) is 9.69. The number of rotatable bonds is 7. The van der Waals surface area contributed by atoms with Gasteiger partial charge in [0.2, 0.25) is 10.0 Å². The summed E-state index contributed by atoms with van der Waals surface area (Å²) in [6.07, 6.45) is 1.38. The van der Waals surface area contributed by atoms with E-state index >= 15 is 0 Å². The lowest BCUT2D eigenvalue weighted by Crippen LogP contribution is -2.41. The summed E-state index contributed by atoms with van der Waals surface area (Å²) in [7, 11) is -1.87. The average Bonchev–Trinajstić information content (AvgIpc) is 3.14. The Kier molecular flexibility index (Phi) is 7.01. The zero-order valence-electron chi connectivity index (χ0n) is 17.4. The molecule has 1 saturated heterocycles. The van der Waals surface area contributed by atoms with Crippen LogP contribution in [0.5, 0.6) is 11.5 Å². The zero-order valence-corrected chi connectivity index (χ0v) is 18.2. The van der Waals surface area contributed by atoms with Gasteiger partial charge in [-0.25, -0.2) is 8.42 Å². The fourth-order valence-corrected chi connectivity index (χ4v) is 4.69. The van der Waals surface area contributed by atoms with Crippen LogP contribution in [0.1, 0.15) is 40.5 Å². The number of hydrogen-bond acceptors (Lipinski definition) is 6. The maximum absolute atomic E-state index is 12.5. The van der Waals surface area contributed by atoms with E-state index in [-0.39, 0.29) is 16.9 Å². The molecular formula is C21H25N3O6S. The van der Waals surface area contributed by atoms with Crippen molar-refractivity contribution in [1.82, 2.24) is 10.9 Å². The van der Waals surface area contributed by atoms with E-state index in [0.29, 0.717) is 36.8 Å². The molecule has 9 nitrogen and oxygen atoms in total. The van der Waals surface area contributed by atoms with Gasteiger partial charge in [0.25, 0.3) is 11.8 Å². The number of hydrazine groups is 1. The van der Waals surface area contributed by atoms with E-state index in [1.165, 1.54) is 29.6 Å². The first-order valence-corrected chi connectivity index (χ1v) is 11.5. The predicted octanol–water partition coefficient (Wildman–Crippen LogP) is 2.10. The Bertz CT molecular complexity index is 1070. The maximum Gasteiger partial charge on any atom is 0.269 e. The minimum Gasteiger partial charge on any atom is -0.493 e. The van der Waals surface area contributed by atoms with Crippen LogP contribution in [-0.4, -0.2) is 46.2 Å². The van der Waals surface area contributed by atoms with Crippen molar-refractivity contribution >= 4 is 27.5 Å². The van der Waals surface area contributed by atoms with Crippen molar-refractivity contribution in [2.45, 2.75) is 19.8 Å². The smallest absolute Gasteiger partial charge is 0.269 e. The van der Waals surface area contributed by atoms with Crippen LogP contribution in [-0.2, 0) is 10.0 Å². The fraction of sp³-hybridized carbons (Fsp3) is 0.333. The number of nitrogens with zero attached hydrogens (tertiary/aromatic N) is 1. The predicted molar refractivity (Wildman–Crippen MR) is 116 cm³/mol. The highest BCUT2D eigenvalue weighted by Gasteiger charge is 2.28. The van der Waals surface area contributed by atoms with Crippen molar-refractivity contribution in [1.29, 1.82) is 0 Å². The molecule has 0 atom stereocenters. The topological polar surface area (TPSA) is 114 Å². The summed E-state index contributed by atoms with van der Waals surface area (Å²) in [6.45, 7) is 2.89. The quantitative estimate of drug-likeness (QED) is 0.629. The normalized spacial score (nSPS) is 14.7. The number of amides is 2. The lowest BCUT2D eigenvalue weighted by atomic mass is 10.2. The summed E-state index contributed by atoms with van der Waals surface area (Å²) in [5.74, 6) is -0.0789. The highest BCUT2D eigenvalue weighted by molar-refractivity contribution is 7.93. The number of methoxy groups -OCH3 is 1. The van der Waals surface area contributed by atoms with Gasteiger partial charge in [-0.3, -0.25) is 24.7 Å². The highest BCUT2D eigenvalue weighted by Crippen LogP contribution is 2.28. The van der Waals surface area contributed by atoms with Crippen LogP contribution in [0.4, 0.5) is 5.69 Å². The van der Waals surface area contributed by atoms with Gasteiger partial charge in [-0.1, -0.05) is 13.0 Å². The second-order valence-corrected chi connectivity index (χ2v) is 8.93. The van der Waals surface area contributed by atoms with Gasteiger partial charge < -0.3 is 9.47 Å². The minimum atomic E-state index is -3.35. The molecule has 2 amide bonds. The number of carbonyl (C=O) groups excluding carboxylic acids is 2. The van der Waals surface area contributed by atoms with Gasteiger partial charge in [0.1, 0.15) is 0 Å². The Morgan fingerprint density at radius 3 is 2.35 bits per heavy atom. The van der Waals surface area contributed by atoms with Crippen LogP contribution in [0.3, 0.4) is 0 Å². The summed E-state index contributed by atoms with van der Waals surface area (Å²) in [5, 5.41) is 0. The molecule has 0 bridgehead atoms. The van der Waals surface area contributed by atoms with Gasteiger partial charge >= 0.3 is 0 Å². The van der Waals surface area contributed by atoms with Crippen LogP contribution in [0, 0.1) is 0 Å². The molecule has 2 N–H and O–H groups in total. The molecule has 1 aliphatic heterocycles. The minimum absolute atomic E-state index is 0.0885. The van der Waals surface area contributed by atoms with Crippen molar-refractivity contribution < 1.29 is 27.5 Å². The number of sulfonamides is 1. The Balaban J connectivity index is 1.66. The molecule has 2 aromatic carbocycles. The Labute approximate surface area is 181 Å². The lowest BCUT2D eigenvalue weighted by Gasteiger charge is -2.17. The van der Waals surface area contributed by atoms with Gasteiger partial charge in [-0.2, -0.15) is 0 Å². The van der Waals surface area contributed by atoms with Crippen LogP contribution in [0.2, 0.25) is 0 Å². The lowest BCUT2D eigenvalue weighted by molar-refractivity contribution is 0.0846. The fourth-order valence-electron chi connectivity index (χ4n) is 3.13. The van der Waals surface area contributed by atoms with E-state index in [9.17, 15) is 18.0 Å². The van der Waals surface area contributed by atoms with Crippen molar-refractivity contribution in [3.63, 3.8) is 0 Å². The summed E-state index contributed by atoms with van der Waals surface area (Å²) in [4.78, 5) is 24.9. The van der Waals surface area contributed by atoms with E-state index in [4.69, 9.17) is 9.47 Å². The highest BCUT2D eigenvalue weighted by atomic mass is 32.2. The molecule has 0 aliphatic carbocycles. The van der Waals surface area contributed by atoms with Crippen LogP contribution in [0.15, 0.2) is 42.5 Å². The van der Waals surface area contributed by atoms with Gasteiger partial charge in [-0.05, 0) is 49.2 Å². The van der Waals surface area contributed by atoms with Crippen molar-refractivity contribution in [3.05, 3.63) is 53.6 Å². The Morgan fingerprint density at radius 1 is 1.03 bits per heavy atom. The van der Waals surface area contributed by atoms with Crippen LogP contribution in [0.25, 0.3) is 0 Å². The molecule has 0 unspecified atom stereocenters. The SMILES string of the molecule is CCCOc1ccc(C(=O)NNC(=O)c2cccc(N3CCCS3(=O)=O)c2)cc1OC. The van der Waals surface area contributed by atoms with Crippen LogP contribution >= 0.6 is 0 Å². The first-order valence-electron chi connectivity index (χ1n) is 9.87. The summed E-state index contributed by atoms with van der Waals surface area (Å²) >= 11 is 0. The van der Waals surface area contributed by atoms with E-state index < -0.39 is 21.8 Å². The summed E-state index contributed by atoms with van der Waals surface area (Å²) in [6, 6.07) is 11.0. The Hall–Kier alpha value is -3.27. The summed E-state index contributed by atoms with van der Waals surface area (Å²) < 4.78 is 36.3. The number of nitrogens with one attached hydrogen (secondary N) is 2. The van der Waals surface area contributed by atoms with Crippen LogP contribution < -0.4 is 24.6 Å². The molecule has 1 fully saturated rings. The zero-order chi connectivity index (χ0) is 22.4. The monoisotopic (exact) mass is 447 g/mol. The van der Waals surface area contributed by atoms with E-state index in [1.54, 1.807) is 24.3 Å². The number of ether oxygens (including phenoxy) is 2. The molecule has 0 saturated carbocycles. The number of carbonyl (C=O) groups is 2. The Morgan fingerprint density at radius 2 is 1.74 bits per heavy atom. The summed E-state index contributed by atoms with van der Waals surface area (Å²) in [5.41, 5.74) is 5.61. The molecule has 10 heteroatoms. The number of hydrogen-bond donors (Lipinski definition) is 2. The molecule has 3 rings (SSSR count). The third kappa shape index (κ3) is 5.26. The molecule has 0 radical (unpaired) electrons. The van der Waals surface area contributed by atoms with Gasteiger partial charge in [0.15, 0.2) is 11.5 Å². The van der Waals surface area contributed by atoms with Gasteiger partial charge in [-0.15, -0.1) is 0 Å². The van der Waals surface area contributed by atoms with E-state index in [0.717, 1.165) is 6.42 Å². The third-order valence-corrected chi connectivity index (χ3v) is 6.54. The molecule has 0 spiro atoms. The molecule has 0 aromatic heterocycles. The van der Waals surface area contributed by atoms with Gasteiger partial charge in [0, 0.05) is 17.7 Å². The van der Waals surface area contributed by atoms with Crippen molar-refractivity contribution in [3.8, 4) is 11.5 Å². The largest absolute Gasteiger partial charge is 0.493 e. The molecule has 1 aliphatic rings. The first-order chi connectivity index (χ1) is 14.9. The molecule has 31 heavy (non-hydrogen) atoms. The molecular weight excluding hydrogens is 422 g/mol. The third-order valence-electron chi connectivity index (χ3n) is 4.67. The molecule has 166 valence electrons. The van der Waals surface area contributed by atoms with Gasteiger partial charge in [0.05, 0.1) is 25.2 Å². The first kappa shape index (κ1) is 22.4. The molecule has 1 heterocycles. The standard InChI is InChI=1S/C21H25N3O6S/c1-3-11-30-18-9-8-16(14-19(18)29-2)21(26)23-22-20(25)15-6-4-7-17(13-15)24-10-5-12-31(24,27)28/h4,6-9,13-14H,3,5,10-12H2,1-2H3,(H,22,25)(H,23,26). The van der Waals surface area contributed by atoms with Crippen molar-refractivity contribution in [2.75, 3.05) is 30.3 Å². The second-order valence-electron chi connectivity index (χ2n) is 6.91.